The Hall–Kier alpha value is -0.120. The fourth-order valence-corrected chi connectivity index (χ4v) is 2.63. The molecular formula is C14H30N2O. The van der Waals surface area contributed by atoms with Crippen molar-refractivity contribution in [1.29, 1.82) is 0 Å². The highest BCUT2D eigenvalue weighted by molar-refractivity contribution is 4.84. The molecule has 1 saturated heterocycles. The summed E-state index contributed by atoms with van der Waals surface area (Å²) in [5.41, 5.74) is 0.0154. The van der Waals surface area contributed by atoms with Crippen molar-refractivity contribution < 1.29 is 4.74 Å². The Balaban J connectivity index is 2.37. The first-order valence-electron chi connectivity index (χ1n) is 6.97. The highest BCUT2D eigenvalue weighted by Crippen LogP contribution is 2.22. The molecule has 0 radical (unpaired) electrons. The average molecular weight is 242 g/mol. The first kappa shape index (κ1) is 14.9. The molecule has 0 aromatic rings. The predicted octanol–water partition coefficient (Wildman–Crippen LogP) is 2.12. The molecule has 0 aliphatic carbocycles. The molecule has 0 aromatic carbocycles. The van der Waals surface area contributed by atoms with Gasteiger partial charge in [-0.05, 0) is 46.2 Å². The summed E-state index contributed by atoms with van der Waals surface area (Å²) in [7, 11) is 3.90. The first-order chi connectivity index (χ1) is 8.02. The van der Waals surface area contributed by atoms with Crippen LogP contribution in [0.4, 0.5) is 0 Å². The molecule has 102 valence electrons. The maximum atomic E-state index is 5.49. The smallest absolute Gasteiger partial charge is 0.0634 e. The van der Waals surface area contributed by atoms with E-state index in [1.807, 2.05) is 7.11 Å². The quantitative estimate of drug-likeness (QED) is 0.772. The lowest BCUT2D eigenvalue weighted by Crippen LogP contribution is -2.49. The number of methoxy groups -OCH3 is 1. The number of nitrogens with zero attached hydrogens (tertiary/aromatic N) is 1. The van der Waals surface area contributed by atoms with Gasteiger partial charge in [-0.2, -0.15) is 0 Å². The third-order valence-electron chi connectivity index (χ3n) is 4.30. The van der Waals surface area contributed by atoms with E-state index in [0.717, 1.165) is 18.9 Å². The molecule has 1 aliphatic rings. The molecule has 1 N–H and O–H groups in total. The first-order valence-corrected chi connectivity index (χ1v) is 6.97. The van der Waals surface area contributed by atoms with Gasteiger partial charge in [0.15, 0.2) is 0 Å². The molecule has 1 fully saturated rings. The largest absolute Gasteiger partial charge is 0.379 e. The van der Waals surface area contributed by atoms with E-state index in [1.165, 1.54) is 25.9 Å². The molecule has 0 aromatic heterocycles. The number of ether oxygens (including phenoxy) is 1. The number of nitrogens with one attached hydrogen (secondary N) is 1. The monoisotopic (exact) mass is 242 g/mol. The highest BCUT2D eigenvalue weighted by atomic mass is 16.5. The third-order valence-corrected chi connectivity index (χ3v) is 4.30. The molecule has 2 atom stereocenters. The molecule has 2 unspecified atom stereocenters. The van der Waals surface area contributed by atoms with E-state index >= 15 is 0 Å². The van der Waals surface area contributed by atoms with Gasteiger partial charge in [0.05, 0.1) is 5.60 Å². The fourth-order valence-electron chi connectivity index (χ4n) is 2.63. The molecular weight excluding hydrogens is 212 g/mol. The summed E-state index contributed by atoms with van der Waals surface area (Å²) in [6.45, 7) is 10.3. The van der Waals surface area contributed by atoms with E-state index in [1.54, 1.807) is 0 Å². The van der Waals surface area contributed by atoms with Gasteiger partial charge < -0.3 is 15.0 Å². The van der Waals surface area contributed by atoms with E-state index in [2.05, 4.69) is 38.0 Å². The van der Waals surface area contributed by atoms with Crippen LogP contribution >= 0.6 is 0 Å². The minimum atomic E-state index is 0.0154. The van der Waals surface area contributed by atoms with Gasteiger partial charge in [0.2, 0.25) is 0 Å². The molecule has 1 aliphatic heterocycles. The summed E-state index contributed by atoms with van der Waals surface area (Å²) in [5.74, 6) is 0.805. The summed E-state index contributed by atoms with van der Waals surface area (Å²) < 4.78 is 5.49. The van der Waals surface area contributed by atoms with E-state index in [4.69, 9.17) is 4.74 Å². The average Bonchev–Trinajstić information content (AvgIpc) is 2.36. The van der Waals surface area contributed by atoms with Gasteiger partial charge in [0, 0.05) is 26.2 Å². The molecule has 17 heavy (non-hydrogen) atoms. The van der Waals surface area contributed by atoms with Gasteiger partial charge >= 0.3 is 0 Å². The molecule has 0 amide bonds. The van der Waals surface area contributed by atoms with Crippen LogP contribution in [0.15, 0.2) is 0 Å². The Labute approximate surface area is 107 Å². The Morgan fingerprint density at radius 1 is 1.41 bits per heavy atom. The van der Waals surface area contributed by atoms with Crippen LogP contribution in [0.1, 0.15) is 40.0 Å². The van der Waals surface area contributed by atoms with Crippen LogP contribution in [-0.2, 0) is 4.74 Å². The van der Waals surface area contributed by atoms with Gasteiger partial charge in [0.25, 0.3) is 0 Å². The zero-order valence-corrected chi connectivity index (χ0v) is 12.3. The van der Waals surface area contributed by atoms with E-state index in [9.17, 15) is 0 Å². The second-order valence-corrected chi connectivity index (χ2v) is 5.87. The lowest BCUT2D eigenvalue weighted by atomic mass is 9.89. The summed E-state index contributed by atoms with van der Waals surface area (Å²) in [6, 6.07) is 0.715. The van der Waals surface area contributed by atoms with Crippen molar-refractivity contribution in [1.82, 2.24) is 10.2 Å². The Bertz CT molecular complexity index is 218. The SMILES string of the molecule is CCC1CN(CCC(C)(C)OC)CCC1NC. The fraction of sp³-hybridized carbons (Fsp3) is 1.00. The maximum absolute atomic E-state index is 5.49. The van der Waals surface area contributed by atoms with Gasteiger partial charge in [0.1, 0.15) is 0 Å². The summed E-state index contributed by atoms with van der Waals surface area (Å²) >= 11 is 0. The number of hydrogen-bond acceptors (Lipinski definition) is 3. The van der Waals surface area contributed by atoms with Crippen LogP contribution in [0.5, 0.6) is 0 Å². The van der Waals surface area contributed by atoms with Crippen molar-refractivity contribution in [2.24, 2.45) is 5.92 Å². The van der Waals surface area contributed by atoms with Crippen LogP contribution < -0.4 is 5.32 Å². The molecule has 1 rings (SSSR count). The molecule has 1 heterocycles. The Morgan fingerprint density at radius 3 is 2.65 bits per heavy atom. The molecule has 0 spiro atoms. The summed E-state index contributed by atoms with van der Waals surface area (Å²) in [4.78, 5) is 2.60. The van der Waals surface area contributed by atoms with Crippen molar-refractivity contribution in [3.05, 3.63) is 0 Å². The number of hydrogen-bond donors (Lipinski definition) is 1. The molecule has 3 heteroatoms. The highest BCUT2D eigenvalue weighted by Gasteiger charge is 2.27. The Morgan fingerprint density at radius 2 is 2.12 bits per heavy atom. The number of likely N-dealkylation sites (tertiary alicyclic amines) is 1. The van der Waals surface area contributed by atoms with Crippen LogP contribution in [0.25, 0.3) is 0 Å². The van der Waals surface area contributed by atoms with Crippen molar-refractivity contribution in [2.45, 2.75) is 51.7 Å². The maximum Gasteiger partial charge on any atom is 0.0634 e. The van der Waals surface area contributed by atoms with Crippen molar-refractivity contribution in [3.8, 4) is 0 Å². The zero-order chi connectivity index (χ0) is 12.9. The van der Waals surface area contributed by atoms with Gasteiger partial charge in [-0.3, -0.25) is 0 Å². The third kappa shape index (κ3) is 4.57. The summed E-state index contributed by atoms with van der Waals surface area (Å²) in [6.07, 6.45) is 3.67. The normalized spacial score (nSPS) is 27.4. The van der Waals surface area contributed by atoms with Crippen molar-refractivity contribution >= 4 is 0 Å². The standard InChI is InChI=1S/C14H30N2O/c1-6-12-11-16(9-7-13(12)15-4)10-8-14(2,3)17-5/h12-13,15H,6-11H2,1-5H3. The molecule has 0 bridgehead atoms. The van der Waals surface area contributed by atoms with Crippen LogP contribution in [0.2, 0.25) is 0 Å². The van der Waals surface area contributed by atoms with E-state index in [0.29, 0.717) is 6.04 Å². The second kappa shape index (κ2) is 6.72. The lowest BCUT2D eigenvalue weighted by Gasteiger charge is -2.39. The van der Waals surface area contributed by atoms with Crippen LogP contribution in [-0.4, -0.2) is 50.3 Å². The van der Waals surface area contributed by atoms with Gasteiger partial charge in [-0.15, -0.1) is 0 Å². The van der Waals surface area contributed by atoms with E-state index in [-0.39, 0.29) is 5.60 Å². The van der Waals surface area contributed by atoms with Gasteiger partial charge in [-0.1, -0.05) is 13.3 Å². The minimum Gasteiger partial charge on any atom is -0.379 e. The summed E-state index contributed by atoms with van der Waals surface area (Å²) in [5, 5.41) is 3.46. The number of piperidine rings is 1. The topological polar surface area (TPSA) is 24.5 Å². The zero-order valence-electron chi connectivity index (χ0n) is 12.3. The minimum absolute atomic E-state index is 0.0154. The molecule has 3 nitrogen and oxygen atoms in total. The van der Waals surface area contributed by atoms with Crippen molar-refractivity contribution in [2.75, 3.05) is 33.8 Å². The van der Waals surface area contributed by atoms with Gasteiger partial charge in [-0.25, -0.2) is 0 Å². The van der Waals surface area contributed by atoms with Crippen LogP contribution in [0.3, 0.4) is 0 Å². The second-order valence-electron chi connectivity index (χ2n) is 5.87. The lowest BCUT2D eigenvalue weighted by molar-refractivity contribution is 0.00271. The number of rotatable bonds is 6. The Kier molecular flexibility index (Phi) is 5.90. The van der Waals surface area contributed by atoms with Crippen LogP contribution in [0, 0.1) is 5.92 Å². The van der Waals surface area contributed by atoms with Crippen molar-refractivity contribution in [3.63, 3.8) is 0 Å². The predicted molar refractivity (Wildman–Crippen MR) is 73.4 cm³/mol. The molecule has 0 saturated carbocycles. The van der Waals surface area contributed by atoms with E-state index < -0.39 is 0 Å².